The molecule has 120 valence electrons. The Hall–Kier alpha value is -2.34. The molecule has 6 nitrogen and oxygen atoms in total. The van der Waals surface area contributed by atoms with Gasteiger partial charge in [-0.25, -0.2) is 4.98 Å². The van der Waals surface area contributed by atoms with Crippen LogP contribution in [0.5, 0.6) is 5.88 Å². The zero-order chi connectivity index (χ0) is 16.2. The molecule has 2 heterocycles. The van der Waals surface area contributed by atoms with Crippen LogP contribution in [-0.2, 0) is 0 Å². The van der Waals surface area contributed by atoms with Gasteiger partial charge in [-0.3, -0.25) is 4.79 Å². The number of carbonyl (C=O) groups excluding carboxylic acids is 1. The molecule has 23 heavy (non-hydrogen) atoms. The quantitative estimate of drug-likeness (QED) is 0.931. The zero-order valence-corrected chi connectivity index (χ0v) is 13.5. The molecule has 0 bridgehead atoms. The molecule has 7 heteroatoms. The summed E-state index contributed by atoms with van der Waals surface area (Å²) in [5, 5.41) is 3.59. The highest BCUT2D eigenvalue weighted by Gasteiger charge is 2.27. The number of methoxy groups -OCH3 is 1. The number of rotatable bonds is 4. The number of amides is 1. The lowest BCUT2D eigenvalue weighted by atomic mass is 10.2. The first-order valence-corrected chi connectivity index (χ1v) is 7.72. The molecule has 1 fully saturated rings. The predicted molar refractivity (Wildman–Crippen MR) is 88.0 cm³/mol. The molecule has 1 aliphatic rings. The Balaban J connectivity index is 1.63. The number of halogens is 1. The summed E-state index contributed by atoms with van der Waals surface area (Å²) < 4.78 is 5.08. The van der Waals surface area contributed by atoms with Gasteiger partial charge in [0.05, 0.1) is 13.3 Å². The van der Waals surface area contributed by atoms with Crippen LogP contribution in [0.2, 0.25) is 5.02 Å². The van der Waals surface area contributed by atoms with Crippen LogP contribution in [0, 0.1) is 0 Å². The van der Waals surface area contributed by atoms with E-state index in [4.69, 9.17) is 16.3 Å². The number of carbonyl (C=O) groups is 1. The average molecular weight is 333 g/mol. The van der Waals surface area contributed by atoms with Gasteiger partial charge in [0, 0.05) is 24.7 Å². The second-order valence-electron chi connectivity index (χ2n) is 5.30. The Labute approximate surface area is 139 Å². The van der Waals surface area contributed by atoms with Crippen LogP contribution < -0.4 is 10.1 Å². The smallest absolute Gasteiger partial charge is 0.253 e. The van der Waals surface area contributed by atoms with Gasteiger partial charge < -0.3 is 15.0 Å². The molecule has 1 amide bonds. The van der Waals surface area contributed by atoms with E-state index in [1.807, 2.05) is 35.2 Å². The van der Waals surface area contributed by atoms with Crippen molar-refractivity contribution < 1.29 is 9.53 Å². The Bertz CT molecular complexity index is 696. The molecule has 1 aromatic heterocycles. The third-order valence-electron chi connectivity index (χ3n) is 3.73. The van der Waals surface area contributed by atoms with Crippen molar-refractivity contribution in [2.45, 2.75) is 12.5 Å². The van der Waals surface area contributed by atoms with E-state index in [-0.39, 0.29) is 11.9 Å². The first-order valence-electron chi connectivity index (χ1n) is 7.35. The minimum Gasteiger partial charge on any atom is -0.480 e. The highest BCUT2D eigenvalue weighted by atomic mass is 35.5. The maximum absolute atomic E-state index is 12.4. The topological polar surface area (TPSA) is 67.3 Å². The summed E-state index contributed by atoms with van der Waals surface area (Å²) in [6.45, 7) is 1.32. The summed E-state index contributed by atoms with van der Waals surface area (Å²) in [6.07, 6.45) is 2.34. The minimum absolute atomic E-state index is 0.0458. The van der Waals surface area contributed by atoms with Crippen molar-refractivity contribution in [3.8, 4) is 5.88 Å². The van der Waals surface area contributed by atoms with Gasteiger partial charge >= 0.3 is 0 Å². The van der Waals surface area contributed by atoms with Crippen LogP contribution in [0.3, 0.4) is 0 Å². The van der Waals surface area contributed by atoms with Crippen molar-refractivity contribution in [2.75, 3.05) is 25.5 Å². The third kappa shape index (κ3) is 3.53. The minimum atomic E-state index is 0.0458. The summed E-state index contributed by atoms with van der Waals surface area (Å²) in [4.78, 5) is 22.6. The lowest BCUT2D eigenvalue weighted by Crippen LogP contribution is -2.31. The zero-order valence-electron chi connectivity index (χ0n) is 12.7. The van der Waals surface area contributed by atoms with Crippen molar-refractivity contribution in [3.63, 3.8) is 0 Å². The summed E-state index contributed by atoms with van der Waals surface area (Å²) in [5.74, 6) is 0.828. The normalized spacial score (nSPS) is 17.1. The van der Waals surface area contributed by atoms with Crippen LogP contribution in [-0.4, -0.2) is 47.0 Å². The number of aromatic nitrogens is 2. The van der Waals surface area contributed by atoms with Gasteiger partial charge in [-0.15, -0.1) is 0 Å². The fourth-order valence-electron chi connectivity index (χ4n) is 2.57. The SMILES string of the molecule is COc1nc(N[C@@H]2CCN(C(=O)c3ccccc3)C2)ncc1Cl. The highest BCUT2D eigenvalue weighted by molar-refractivity contribution is 6.31. The summed E-state index contributed by atoms with van der Waals surface area (Å²) in [6, 6.07) is 9.40. The van der Waals surface area contributed by atoms with Gasteiger partial charge in [-0.1, -0.05) is 29.8 Å². The third-order valence-corrected chi connectivity index (χ3v) is 3.99. The largest absolute Gasteiger partial charge is 0.480 e. The number of ether oxygens (including phenoxy) is 1. The average Bonchev–Trinajstić information content (AvgIpc) is 3.05. The first-order chi connectivity index (χ1) is 11.2. The number of hydrogen-bond donors (Lipinski definition) is 1. The van der Waals surface area contributed by atoms with Crippen LogP contribution in [0.15, 0.2) is 36.5 Å². The molecule has 1 aliphatic heterocycles. The Kier molecular flexibility index (Phi) is 4.62. The Morgan fingerprint density at radius 1 is 1.39 bits per heavy atom. The fourth-order valence-corrected chi connectivity index (χ4v) is 2.74. The first kappa shape index (κ1) is 15.6. The summed E-state index contributed by atoms with van der Waals surface area (Å²) >= 11 is 5.91. The van der Waals surface area contributed by atoms with Crippen molar-refractivity contribution in [3.05, 3.63) is 47.1 Å². The monoisotopic (exact) mass is 332 g/mol. The molecule has 0 unspecified atom stereocenters. The lowest BCUT2D eigenvalue weighted by Gasteiger charge is -2.17. The number of benzene rings is 1. The maximum Gasteiger partial charge on any atom is 0.253 e. The van der Waals surface area contributed by atoms with Crippen LogP contribution >= 0.6 is 11.6 Å². The molecule has 1 atom stereocenters. The maximum atomic E-state index is 12.4. The van der Waals surface area contributed by atoms with Gasteiger partial charge in [0.1, 0.15) is 5.02 Å². The predicted octanol–water partition coefficient (Wildman–Crippen LogP) is 2.47. The van der Waals surface area contributed by atoms with Gasteiger partial charge in [0.15, 0.2) is 0 Å². The molecule has 0 radical (unpaired) electrons. The van der Waals surface area contributed by atoms with Crippen LogP contribution in [0.25, 0.3) is 0 Å². The number of hydrogen-bond acceptors (Lipinski definition) is 5. The molecule has 0 spiro atoms. The molecular formula is C16H17ClN4O2. The number of likely N-dealkylation sites (tertiary alicyclic amines) is 1. The van der Waals surface area contributed by atoms with Gasteiger partial charge in [-0.2, -0.15) is 4.98 Å². The van der Waals surface area contributed by atoms with Crippen molar-refractivity contribution >= 4 is 23.5 Å². The summed E-state index contributed by atoms with van der Waals surface area (Å²) in [5.41, 5.74) is 0.706. The highest BCUT2D eigenvalue weighted by Crippen LogP contribution is 2.22. The van der Waals surface area contributed by atoms with E-state index in [0.717, 1.165) is 6.42 Å². The van der Waals surface area contributed by atoms with E-state index in [9.17, 15) is 4.79 Å². The van der Waals surface area contributed by atoms with Crippen LogP contribution in [0.1, 0.15) is 16.8 Å². The second-order valence-corrected chi connectivity index (χ2v) is 5.71. The van der Waals surface area contributed by atoms with Crippen LogP contribution in [0.4, 0.5) is 5.95 Å². The molecule has 1 saturated heterocycles. The molecule has 1 N–H and O–H groups in total. The molecule has 0 aliphatic carbocycles. The Morgan fingerprint density at radius 3 is 2.91 bits per heavy atom. The molecule has 3 rings (SSSR count). The van der Waals surface area contributed by atoms with Gasteiger partial charge in [0.25, 0.3) is 5.91 Å². The van der Waals surface area contributed by atoms with Crippen molar-refractivity contribution in [1.29, 1.82) is 0 Å². The van der Waals surface area contributed by atoms with E-state index < -0.39 is 0 Å². The Morgan fingerprint density at radius 2 is 2.17 bits per heavy atom. The van der Waals surface area contributed by atoms with E-state index in [2.05, 4.69) is 15.3 Å². The number of nitrogens with one attached hydrogen (secondary N) is 1. The molecule has 0 saturated carbocycles. The lowest BCUT2D eigenvalue weighted by molar-refractivity contribution is 0.0791. The van der Waals surface area contributed by atoms with Gasteiger partial charge in [-0.05, 0) is 18.6 Å². The molecular weight excluding hydrogens is 316 g/mol. The number of anilines is 1. The molecule has 2 aromatic rings. The standard InChI is InChI=1S/C16H17ClN4O2/c1-23-14-13(17)9-18-16(20-14)19-12-7-8-21(10-12)15(22)11-5-3-2-4-6-11/h2-6,9,12H,7-8,10H2,1H3,(H,18,19,20)/t12-/m1/s1. The van der Waals surface area contributed by atoms with E-state index in [1.54, 1.807) is 0 Å². The molecule has 1 aromatic carbocycles. The number of nitrogens with zero attached hydrogens (tertiary/aromatic N) is 3. The second kappa shape index (κ2) is 6.83. The summed E-state index contributed by atoms with van der Waals surface area (Å²) in [7, 11) is 1.51. The fraction of sp³-hybridized carbons (Fsp3) is 0.312. The van der Waals surface area contributed by atoms with E-state index >= 15 is 0 Å². The van der Waals surface area contributed by atoms with E-state index in [1.165, 1.54) is 13.3 Å². The van der Waals surface area contributed by atoms with Gasteiger partial charge in [0.2, 0.25) is 11.8 Å². The van der Waals surface area contributed by atoms with Crippen molar-refractivity contribution in [2.24, 2.45) is 0 Å². The van der Waals surface area contributed by atoms with E-state index in [0.29, 0.717) is 35.5 Å². The van der Waals surface area contributed by atoms with Crippen molar-refractivity contribution in [1.82, 2.24) is 14.9 Å².